The maximum Gasteiger partial charge on any atom is 0.125 e. The van der Waals surface area contributed by atoms with E-state index in [1.807, 2.05) is 11.8 Å². The van der Waals surface area contributed by atoms with Crippen molar-refractivity contribution in [3.8, 4) is 0 Å². The van der Waals surface area contributed by atoms with Gasteiger partial charge in [-0.05, 0) is 24.6 Å². The summed E-state index contributed by atoms with van der Waals surface area (Å²) in [6.45, 7) is 10.4. The third-order valence-electron chi connectivity index (χ3n) is 2.77. The summed E-state index contributed by atoms with van der Waals surface area (Å²) >= 11 is 0. The lowest BCUT2D eigenvalue weighted by Gasteiger charge is -2.24. The third-order valence-corrected chi connectivity index (χ3v) is 2.77. The number of hydrogen-bond donors (Lipinski definition) is 1. The highest BCUT2D eigenvalue weighted by Gasteiger charge is 2.14. The Morgan fingerprint density at radius 3 is 2.47 bits per heavy atom. The summed E-state index contributed by atoms with van der Waals surface area (Å²) in [4.78, 5) is 1.92. The molecule has 0 heterocycles. The highest BCUT2D eigenvalue weighted by molar-refractivity contribution is 6.04. The Kier molecular flexibility index (Phi) is 5.79. The van der Waals surface area contributed by atoms with Crippen molar-refractivity contribution in [1.29, 1.82) is 0 Å². The van der Waals surface area contributed by atoms with E-state index in [0.717, 1.165) is 5.56 Å². The van der Waals surface area contributed by atoms with Crippen LogP contribution in [0.3, 0.4) is 0 Å². The second-order valence-corrected chi connectivity index (χ2v) is 4.04. The molecule has 102 valence electrons. The zero-order valence-corrected chi connectivity index (χ0v) is 11.1. The molecular formula is C15H19FN2O. The Morgan fingerprint density at radius 2 is 2.00 bits per heavy atom. The molecule has 0 aromatic heterocycles. The summed E-state index contributed by atoms with van der Waals surface area (Å²) in [7, 11) is 0. The van der Waals surface area contributed by atoms with Gasteiger partial charge in [0, 0.05) is 24.3 Å². The molecule has 0 bridgehead atoms. The minimum atomic E-state index is -0.328. The van der Waals surface area contributed by atoms with E-state index < -0.39 is 0 Å². The van der Waals surface area contributed by atoms with Gasteiger partial charge in [-0.3, -0.25) is 0 Å². The maximum absolute atomic E-state index is 13.5. The van der Waals surface area contributed by atoms with Crippen molar-refractivity contribution in [2.45, 2.75) is 13.3 Å². The maximum atomic E-state index is 13.5. The Bertz CT molecular complexity index is 473. The predicted molar refractivity (Wildman–Crippen MR) is 77.6 cm³/mol. The molecule has 19 heavy (non-hydrogen) atoms. The first-order valence-electron chi connectivity index (χ1n) is 6.15. The molecule has 1 aromatic rings. The summed E-state index contributed by atoms with van der Waals surface area (Å²) in [6.07, 6.45) is 4.03. The molecule has 0 saturated heterocycles. The average Bonchev–Trinajstić information content (AvgIpc) is 2.41. The molecule has 3 nitrogen and oxygen atoms in total. The highest BCUT2D eigenvalue weighted by atomic mass is 19.1. The van der Waals surface area contributed by atoms with E-state index in [0.29, 0.717) is 30.9 Å². The number of nitrogens with zero attached hydrogens (tertiary/aromatic N) is 2. The van der Waals surface area contributed by atoms with Gasteiger partial charge in [0.2, 0.25) is 0 Å². The van der Waals surface area contributed by atoms with Gasteiger partial charge < -0.3 is 10.1 Å². The van der Waals surface area contributed by atoms with Crippen molar-refractivity contribution in [2.75, 3.05) is 18.0 Å². The van der Waals surface area contributed by atoms with Crippen LogP contribution in [0.2, 0.25) is 0 Å². The number of halogens is 1. The van der Waals surface area contributed by atoms with Crippen LogP contribution in [-0.4, -0.2) is 24.0 Å². The van der Waals surface area contributed by atoms with Crippen molar-refractivity contribution in [3.63, 3.8) is 0 Å². The minimum Gasteiger partial charge on any atom is -0.411 e. The molecule has 0 aliphatic heterocycles. The molecule has 0 unspecified atom stereocenters. The van der Waals surface area contributed by atoms with Crippen molar-refractivity contribution >= 4 is 11.4 Å². The van der Waals surface area contributed by atoms with E-state index in [2.05, 4.69) is 18.3 Å². The van der Waals surface area contributed by atoms with Crippen molar-refractivity contribution < 1.29 is 9.60 Å². The van der Waals surface area contributed by atoms with Gasteiger partial charge >= 0.3 is 0 Å². The SMILES string of the molecule is C=CCN(CC=C)c1cc(F)ccc1C(CC)=NO. The molecule has 1 aromatic carbocycles. The largest absolute Gasteiger partial charge is 0.411 e. The number of rotatable bonds is 7. The molecule has 0 spiro atoms. The monoisotopic (exact) mass is 262 g/mol. The van der Waals surface area contributed by atoms with E-state index in [4.69, 9.17) is 5.21 Å². The van der Waals surface area contributed by atoms with Crippen LogP contribution in [-0.2, 0) is 0 Å². The molecule has 0 radical (unpaired) electrons. The van der Waals surface area contributed by atoms with Gasteiger partial charge in [-0.1, -0.05) is 24.2 Å². The second kappa shape index (κ2) is 7.36. The van der Waals surface area contributed by atoms with Crippen LogP contribution in [0.25, 0.3) is 0 Å². The average molecular weight is 262 g/mol. The summed E-state index contributed by atoms with van der Waals surface area (Å²) in [6, 6.07) is 4.42. The Labute approximate surface area is 113 Å². The van der Waals surface area contributed by atoms with Crippen molar-refractivity contribution in [2.24, 2.45) is 5.16 Å². The standard InChI is InChI=1S/C15H19FN2O/c1-4-9-18(10-5-2)15-11-12(16)7-8-13(15)14(6-3)17-19/h4-5,7-8,11,19H,1-2,6,9-10H2,3H3. The zero-order chi connectivity index (χ0) is 14.3. The van der Waals surface area contributed by atoms with E-state index in [9.17, 15) is 4.39 Å². The molecule has 0 aliphatic carbocycles. The quantitative estimate of drug-likeness (QED) is 0.353. The van der Waals surface area contributed by atoms with Gasteiger partial charge in [-0.2, -0.15) is 0 Å². The number of anilines is 1. The van der Waals surface area contributed by atoms with Gasteiger partial charge in [0.15, 0.2) is 0 Å². The van der Waals surface area contributed by atoms with Crippen LogP contribution >= 0.6 is 0 Å². The molecule has 1 rings (SSSR count). The summed E-state index contributed by atoms with van der Waals surface area (Å²) in [5.74, 6) is -0.328. The van der Waals surface area contributed by atoms with Gasteiger partial charge in [0.25, 0.3) is 0 Å². The van der Waals surface area contributed by atoms with Crippen LogP contribution in [0.1, 0.15) is 18.9 Å². The van der Waals surface area contributed by atoms with Crippen molar-refractivity contribution in [1.82, 2.24) is 0 Å². The molecule has 0 aliphatic rings. The van der Waals surface area contributed by atoms with Crippen LogP contribution in [0.5, 0.6) is 0 Å². The Balaban J connectivity index is 3.32. The first-order chi connectivity index (χ1) is 9.17. The second-order valence-electron chi connectivity index (χ2n) is 4.04. The number of hydrogen-bond acceptors (Lipinski definition) is 3. The third kappa shape index (κ3) is 3.68. The molecule has 0 saturated carbocycles. The fraction of sp³-hybridized carbons (Fsp3) is 0.267. The highest BCUT2D eigenvalue weighted by Crippen LogP contribution is 2.24. The molecule has 0 fully saturated rings. The van der Waals surface area contributed by atoms with Gasteiger partial charge in [0.05, 0.1) is 5.71 Å². The number of oxime groups is 1. The smallest absolute Gasteiger partial charge is 0.125 e. The lowest BCUT2D eigenvalue weighted by Crippen LogP contribution is -2.25. The van der Waals surface area contributed by atoms with Gasteiger partial charge in [-0.25, -0.2) is 4.39 Å². The topological polar surface area (TPSA) is 35.8 Å². The normalized spacial score (nSPS) is 11.2. The van der Waals surface area contributed by atoms with Crippen molar-refractivity contribution in [3.05, 3.63) is 54.9 Å². The van der Waals surface area contributed by atoms with E-state index in [-0.39, 0.29) is 5.82 Å². The lowest BCUT2D eigenvalue weighted by molar-refractivity contribution is 0.318. The van der Waals surface area contributed by atoms with E-state index >= 15 is 0 Å². The molecular weight excluding hydrogens is 243 g/mol. The molecule has 0 atom stereocenters. The summed E-state index contributed by atoms with van der Waals surface area (Å²) in [5, 5.41) is 12.3. The summed E-state index contributed by atoms with van der Waals surface area (Å²) < 4.78 is 13.5. The fourth-order valence-electron chi connectivity index (χ4n) is 1.91. The Hall–Kier alpha value is -2.10. The molecule has 1 N–H and O–H groups in total. The Morgan fingerprint density at radius 1 is 1.37 bits per heavy atom. The lowest BCUT2D eigenvalue weighted by atomic mass is 10.0. The number of benzene rings is 1. The molecule has 4 heteroatoms. The van der Waals surface area contributed by atoms with E-state index in [1.54, 1.807) is 18.2 Å². The first kappa shape index (κ1) is 15.0. The summed E-state index contributed by atoms with van der Waals surface area (Å²) in [5.41, 5.74) is 1.91. The predicted octanol–water partition coefficient (Wildman–Crippen LogP) is 3.59. The van der Waals surface area contributed by atoms with Crippen LogP contribution in [0.15, 0.2) is 48.7 Å². The van der Waals surface area contributed by atoms with Crippen LogP contribution in [0, 0.1) is 5.82 Å². The molecule has 0 amide bonds. The van der Waals surface area contributed by atoms with Gasteiger partial charge in [0.1, 0.15) is 5.82 Å². The van der Waals surface area contributed by atoms with Crippen LogP contribution < -0.4 is 4.90 Å². The fourth-order valence-corrected chi connectivity index (χ4v) is 1.91. The van der Waals surface area contributed by atoms with E-state index in [1.165, 1.54) is 12.1 Å². The zero-order valence-electron chi connectivity index (χ0n) is 11.1. The minimum absolute atomic E-state index is 0.328. The van der Waals surface area contributed by atoms with Crippen LogP contribution in [0.4, 0.5) is 10.1 Å². The first-order valence-corrected chi connectivity index (χ1v) is 6.15. The van der Waals surface area contributed by atoms with Gasteiger partial charge in [-0.15, -0.1) is 13.2 Å².